The quantitative estimate of drug-likeness (QED) is 0.869. The average Bonchev–Trinajstić information content (AvgIpc) is 2.85. The SMILES string of the molecule is Cc1cc(C)cc(CN2CCN(Cc3cc(C)on3)CC2)c1. The van der Waals surface area contributed by atoms with Gasteiger partial charge in [0.25, 0.3) is 0 Å². The summed E-state index contributed by atoms with van der Waals surface area (Å²) in [6, 6.07) is 8.87. The Hall–Kier alpha value is -1.65. The lowest BCUT2D eigenvalue weighted by Gasteiger charge is -2.34. The van der Waals surface area contributed by atoms with Crippen LogP contribution in [-0.2, 0) is 13.1 Å². The third-order valence-electron chi connectivity index (χ3n) is 4.21. The fraction of sp³-hybridized carbons (Fsp3) is 0.500. The maximum Gasteiger partial charge on any atom is 0.133 e. The molecule has 0 unspecified atom stereocenters. The van der Waals surface area contributed by atoms with Crippen molar-refractivity contribution in [3.63, 3.8) is 0 Å². The Morgan fingerprint density at radius 3 is 2.00 bits per heavy atom. The average molecular weight is 299 g/mol. The number of piperazine rings is 1. The van der Waals surface area contributed by atoms with Gasteiger partial charge in [0.15, 0.2) is 0 Å². The number of aryl methyl sites for hydroxylation is 3. The molecule has 2 heterocycles. The van der Waals surface area contributed by atoms with Crippen LogP contribution in [0.4, 0.5) is 0 Å². The van der Waals surface area contributed by atoms with Crippen LogP contribution in [0.3, 0.4) is 0 Å². The van der Waals surface area contributed by atoms with Gasteiger partial charge in [0.1, 0.15) is 5.76 Å². The molecule has 0 amide bonds. The standard InChI is InChI=1S/C18H25N3O/c1-14-8-15(2)10-17(9-14)12-20-4-6-21(7-5-20)13-18-11-16(3)22-19-18/h8-11H,4-7,12-13H2,1-3H3. The Morgan fingerprint density at radius 2 is 1.45 bits per heavy atom. The van der Waals surface area contributed by atoms with Crippen LogP contribution >= 0.6 is 0 Å². The van der Waals surface area contributed by atoms with Gasteiger partial charge in [-0.05, 0) is 26.3 Å². The zero-order valence-electron chi connectivity index (χ0n) is 13.8. The summed E-state index contributed by atoms with van der Waals surface area (Å²) in [5, 5.41) is 4.09. The molecule has 0 N–H and O–H groups in total. The lowest BCUT2D eigenvalue weighted by molar-refractivity contribution is 0.120. The summed E-state index contributed by atoms with van der Waals surface area (Å²) < 4.78 is 5.14. The van der Waals surface area contributed by atoms with Crippen LogP contribution in [0.25, 0.3) is 0 Å². The maximum atomic E-state index is 5.14. The largest absolute Gasteiger partial charge is 0.361 e. The minimum absolute atomic E-state index is 0.892. The van der Waals surface area contributed by atoms with Gasteiger partial charge in [-0.15, -0.1) is 0 Å². The second kappa shape index (κ2) is 6.63. The summed E-state index contributed by atoms with van der Waals surface area (Å²) in [4.78, 5) is 4.99. The number of nitrogens with zero attached hydrogens (tertiary/aromatic N) is 3. The van der Waals surface area contributed by atoms with Crippen molar-refractivity contribution in [3.8, 4) is 0 Å². The molecule has 1 saturated heterocycles. The fourth-order valence-electron chi connectivity index (χ4n) is 3.25. The van der Waals surface area contributed by atoms with Crippen LogP contribution in [0.15, 0.2) is 28.8 Å². The van der Waals surface area contributed by atoms with Gasteiger partial charge in [0.05, 0.1) is 5.69 Å². The molecule has 0 aliphatic carbocycles. The highest BCUT2D eigenvalue weighted by atomic mass is 16.5. The molecule has 118 valence electrons. The minimum atomic E-state index is 0.892. The number of aromatic nitrogens is 1. The van der Waals surface area contributed by atoms with Crippen LogP contribution in [0.5, 0.6) is 0 Å². The monoisotopic (exact) mass is 299 g/mol. The normalized spacial score (nSPS) is 17.0. The lowest BCUT2D eigenvalue weighted by atomic mass is 10.1. The predicted octanol–water partition coefficient (Wildman–Crippen LogP) is 2.92. The summed E-state index contributed by atoms with van der Waals surface area (Å²) in [6.07, 6.45) is 0. The molecule has 1 aromatic carbocycles. The molecule has 2 aromatic rings. The van der Waals surface area contributed by atoms with Gasteiger partial charge in [-0.2, -0.15) is 0 Å². The van der Waals surface area contributed by atoms with E-state index in [4.69, 9.17) is 4.52 Å². The van der Waals surface area contributed by atoms with E-state index in [0.29, 0.717) is 0 Å². The van der Waals surface area contributed by atoms with Crippen LogP contribution in [0, 0.1) is 20.8 Å². The third kappa shape index (κ3) is 3.96. The molecular formula is C18H25N3O. The summed E-state index contributed by atoms with van der Waals surface area (Å²) in [5.41, 5.74) is 5.18. The van der Waals surface area contributed by atoms with Gasteiger partial charge in [-0.1, -0.05) is 34.5 Å². The van der Waals surface area contributed by atoms with E-state index in [0.717, 1.165) is 50.7 Å². The first-order chi connectivity index (χ1) is 10.6. The van der Waals surface area contributed by atoms with Gasteiger partial charge in [0, 0.05) is 45.3 Å². The number of rotatable bonds is 4. The number of hydrogen-bond acceptors (Lipinski definition) is 4. The molecule has 22 heavy (non-hydrogen) atoms. The Labute approximate surface area is 132 Å². The highest BCUT2D eigenvalue weighted by Crippen LogP contribution is 2.14. The topological polar surface area (TPSA) is 32.5 Å². The predicted molar refractivity (Wildman–Crippen MR) is 87.7 cm³/mol. The third-order valence-corrected chi connectivity index (χ3v) is 4.21. The first-order valence-electron chi connectivity index (χ1n) is 8.02. The molecule has 3 rings (SSSR count). The molecule has 1 aliphatic heterocycles. The summed E-state index contributed by atoms with van der Waals surface area (Å²) in [6.45, 7) is 12.7. The van der Waals surface area contributed by atoms with Crippen molar-refractivity contribution in [2.75, 3.05) is 26.2 Å². The molecule has 0 radical (unpaired) electrons. The molecule has 0 spiro atoms. The summed E-state index contributed by atoms with van der Waals surface area (Å²) in [5.74, 6) is 0.892. The van der Waals surface area contributed by atoms with Gasteiger partial charge >= 0.3 is 0 Å². The molecule has 4 heteroatoms. The first-order valence-corrected chi connectivity index (χ1v) is 8.02. The summed E-state index contributed by atoms with van der Waals surface area (Å²) >= 11 is 0. The Bertz CT molecular complexity index is 607. The van der Waals surface area contributed by atoms with Crippen molar-refractivity contribution in [1.29, 1.82) is 0 Å². The highest BCUT2D eigenvalue weighted by molar-refractivity contribution is 5.28. The highest BCUT2D eigenvalue weighted by Gasteiger charge is 2.18. The molecule has 0 bridgehead atoms. The summed E-state index contributed by atoms with van der Waals surface area (Å²) in [7, 11) is 0. The van der Waals surface area contributed by atoms with E-state index in [1.165, 1.54) is 16.7 Å². The zero-order chi connectivity index (χ0) is 15.5. The molecular weight excluding hydrogens is 274 g/mol. The van der Waals surface area contributed by atoms with E-state index in [1.807, 2.05) is 13.0 Å². The number of hydrogen-bond donors (Lipinski definition) is 0. The van der Waals surface area contributed by atoms with Crippen molar-refractivity contribution in [2.24, 2.45) is 0 Å². The van der Waals surface area contributed by atoms with Crippen molar-refractivity contribution in [2.45, 2.75) is 33.9 Å². The van der Waals surface area contributed by atoms with E-state index in [9.17, 15) is 0 Å². The van der Waals surface area contributed by atoms with Crippen LogP contribution in [-0.4, -0.2) is 41.1 Å². The molecule has 0 atom stereocenters. The van der Waals surface area contributed by atoms with Gasteiger partial charge < -0.3 is 4.52 Å². The smallest absolute Gasteiger partial charge is 0.133 e. The number of benzene rings is 1. The van der Waals surface area contributed by atoms with E-state index in [-0.39, 0.29) is 0 Å². The molecule has 1 aromatic heterocycles. The molecule has 0 saturated carbocycles. The molecule has 4 nitrogen and oxygen atoms in total. The van der Waals surface area contributed by atoms with Crippen molar-refractivity contribution in [1.82, 2.24) is 15.0 Å². The van der Waals surface area contributed by atoms with E-state index in [1.54, 1.807) is 0 Å². The van der Waals surface area contributed by atoms with Gasteiger partial charge in [-0.3, -0.25) is 9.80 Å². The van der Waals surface area contributed by atoms with Gasteiger partial charge in [-0.25, -0.2) is 0 Å². The second-order valence-corrected chi connectivity index (χ2v) is 6.48. The Balaban J connectivity index is 1.51. The van der Waals surface area contributed by atoms with Crippen LogP contribution in [0.2, 0.25) is 0 Å². The first kappa shape index (κ1) is 15.3. The molecule has 1 aliphatic rings. The zero-order valence-corrected chi connectivity index (χ0v) is 13.8. The molecule has 1 fully saturated rings. The van der Waals surface area contributed by atoms with Gasteiger partial charge in [0.2, 0.25) is 0 Å². The second-order valence-electron chi connectivity index (χ2n) is 6.48. The van der Waals surface area contributed by atoms with E-state index in [2.05, 4.69) is 47.0 Å². The van der Waals surface area contributed by atoms with E-state index < -0.39 is 0 Å². The maximum absolute atomic E-state index is 5.14. The van der Waals surface area contributed by atoms with Crippen molar-refractivity contribution < 1.29 is 4.52 Å². The van der Waals surface area contributed by atoms with Crippen molar-refractivity contribution in [3.05, 3.63) is 52.4 Å². The Kier molecular flexibility index (Phi) is 4.60. The van der Waals surface area contributed by atoms with Crippen LogP contribution < -0.4 is 0 Å². The lowest BCUT2D eigenvalue weighted by Crippen LogP contribution is -2.45. The van der Waals surface area contributed by atoms with Crippen LogP contribution in [0.1, 0.15) is 28.1 Å². The Morgan fingerprint density at radius 1 is 0.864 bits per heavy atom. The van der Waals surface area contributed by atoms with Crippen molar-refractivity contribution >= 4 is 0 Å². The van der Waals surface area contributed by atoms with E-state index >= 15 is 0 Å². The fourth-order valence-corrected chi connectivity index (χ4v) is 3.25. The minimum Gasteiger partial charge on any atom is -0.361 e.